The highest BCUT2D eigenvalue weighted by Gasteiger charge is 2.35. The summed E-state index contributed by atoms with van der Waals surface area (Å²) in [6.07, 6.45) is 1.09. The Bertz CT molecular complexity index is 501. The minimum absolute atomic E-state index is 0.234. The molecule has 0 amide bonds. The predicted molar refractivity (Wildman–Crippen MR) is 55.1 cm³/mol. The first-order valence-corrected chi connectivity index (χ1v) is 4.91. The van der Waals surface area contributed by atoms with Crippen LogP contribution in [0.2, 0.25) is 0 Å². The van der Waals surface area contributed by atoms with E-state index in [2.05, 4.69) is 4.98 Å². The highest BCUT2D eigenvalue weighted by atomic mass is 16.5. The maximum absolute atomic E-state index is 11.7. The number of esters is 1. The molecule has 82 valence electrons. The number of aromatic nitrogens is 2. The number of carbonyl (C=O) groups excluding carboxylic acids is 1. The van der Waals surface area contributed by atoms with E-state index < -0.39 is 30.7 Å². The Morgan fingerprint density at radius 2 is 2.67 bits per heavy atom. The first-order chi connectivity index (χ1) is 8.71. The van der Waals surface area contributed by atoms with Crippen molar-refractivity contribution in [2.45, 2.75) is 19.7 Å². The van der Waals surface area contributed by atoms with Gasteiger partial charge in [-0.05, 0) is 12.8 Å². The summed E-state index contributed by atoms with van der Waals surface area (Å²) in [6.45, 7) is -0.592. The predicted octanol–water partition coefficient (Wildman–Crippen LogP) is 1.16. The molecule has 4 heteroatoms. The molecule has 0 bridgehead atoms. The average Bonchev–Trinajstić information content (AvgIpc) is 2.79. The van der Waals surface area contributed by atoms with Crippen molar-refractivity contribution < 1.29 is 15.0 Å². The Hall–Kier alpha value is -1.32. The fourth-order valence-corrected chi connectivity index (χ4v) is 1.60. The largest absolute Gasteiger partial charge is 0.465 e. The van der Waals surface area contributed by atoms with E-state index >= 15 is 0 Å². The first-order valence-electron chi connectivity index (χ1n) is 6.91. The number of hydrogen-bond acceptors (Lipinski definition) is 3. The van der Waals surface area contributed by atoms with Gasteiger partial charge < -0.3 is 9.30 Å². The minimum atomic E-state index is -2.31. The summed E-state index contributed by atoms with van der Waals surface area (Å²) in [4.78, 5) is 15.5. The van der Waals surface area contributed by atoms with E-state index in [-0.39, 0.29) is 5.69 Å². The van der Waals surface area contributed by atoms with Gasteiger partial charge in [0.1, 0.15) is 0 Å². The van der Waals surface area contributed by atoms with Crippen molar-refractivity contribution in [3.8, 4) is 0 Å². The molecule has 1 saturated heterocycles. The highest BCUT2D eigenvalue weighted by molar-refractivity contribution is 5.74. The van der Waals surface area contributed by atoms with Gasteiger partial charge in [-0.25, -0.2) is 4.98 Å². The minimum Gasteiger partial charge on any atom is -0.465 e. The van der Waals surface area contributed by atoms with Gasteiger partial charge in [0, 0.05) is 27.6 Å². The van der Waals surface area contributed by atoms with Crippen LogP contribution in [-0.2, 0) is 23.0 Å². The third kappa shape index (κ3) is 1.89. The third-order valence-corrected chi connectivity index (χ3v) is 2.55. The van der Waals surface area contributed by atoms with Crippen LogP contribution < -0.4 is 0 Å². The molecule has 2 rings (SSSR count). The number of aryl methyl sites for hydroxylation is 1. The van der Waals surface area contributed by atoms with Crippen LogP contribution in [0, 0.1) is 11.8 Å². The van der Waals surface area contributed by atoms with E-state index in [1.54, 1.807) is 14.0 Å². The monoisotopic (exact) mass is 212 g/mol. The van der Waals surface area contributed by atoms with Gasteiger partial charge in [0.2, 0.25) is 0 Å². The molecule has 1 aliphatic rings. The molecule has 2 heterocycles. The smallest absolute Gasteiger partial charge is 0.309 e. The molecule has 0 aromatic carbocycles. The summed E-state index contributed by atoms with van der Waals surface area (Å²) in [5.41, 5.74) is 0.234. The second kappa shape index (κ2) is 4.04. The number of carbonyl (C=O) groups is 1. The maximum Gasteiger partial charge on any atom is 0.309 e. The van der Waals surface area contributed by atoms with E-state index in [0.717, 1.165) is 0 Å². The number of cyclic esters (lactones) is 1. The van der Waals surface area contributed by atoms with Crippen LogP contribution in [-0.4, -0.2) is 22.1 Å². The number of rotatable bonds is 3. The molecular formula is C11H16N2O2. The molecule has 15 heavy (non-hydrogen) atoms. The van der Waals surface area contributed by atoms with E-state index in [9.17, 15) is 4.79 Å². The SMILES string of the molecule is [2H]C1([2H])OC(=O)[C@@H](CC)[C@H]1C([2H])([2H])c1cncn1C. The lowest BCUT2D eigenvalue weighted by Gasteiger charge is -2.12. The van der Waals surface area contributed by atoms with E-state index in [1.165, 1.54) is 17.1 Å². The van der Waals surface area contributed by atoms with Gasteiger partial charge in [-0.1, -0.05) is 6.92 Å². The molecule has 0 radical (unpaired) electrons. The molecule has 0 unspecified atom stereocenters. The van der Waals surface area contributed by atoms with E-state index in [4.69, 9.17) is 10.2 Å². The van der Waals surface area contributed by atoms with Gasteiger partial charge in [-0.3, -0.25) is 4.79 Å². The van der Waals surface area contributed by atoms with Crippen LogP contribution in [0.25, 0.3) is 0 Å². The second-order valence-electron chi connectivity index (χ2n) is 3.57. The van der Waals surface area contributed by atoms with Crippen LogP contribution >= 0.6 is 0 Å². The second-order valence-corrected chi connectivity index (χ2v) is 3.57. The van der Waals surface area contributed by atoms with Crippen molar-refractivity contribution in [2.75, 3.05) is 6.56 Å². The van der Waals surface area contributed by atoms with Crippen molar-refractivity contribution in [3.63, 3.8) is 0 Å². The van der Waals surface area contributed by atoms with Crippen LogP contribution in [0.1, 0.15) is 24.5 Å². The summed E-state index contributed by atoms with van der Waals surface area (Å²) in [5.74, 6) is -2.66. The van der Waals surface area contributed by atoms with Gasteiger partial charge in [-0.15, -0.1) is 0 Å². The molecule has 0 aliphatic carbocycles. The van der Waals surface area contributed by atoms with Crippen LogP contribution in [0.4, 0.5) is 0 Å². The number of hydrogen-bond donors (Lipinski definition) is 0. The molecule has 1 aliphatic heterocycles. The average molecular weight is 212 g/mol. The number of ether oxygens (including phenoxy) is 1. The maximum atomic E-state index is 11.7. The van der Waals surface area contributed by atoms with Crippen LogP contribution in [0.15, 0.2) is 12.5 Å². The zero-order valence-electron chi connectivity index (χ0n) is 12.7. The van der Waals surface area contributed by atoms with E-state index in [0.29, 0.717) is 6.42 Å². The Balaban J connectivity index is 2.48. The van der Waals surface area contributed by atoms with Crippen molar-refractivity contribution >= 4 is 5.97 Å². The normalized spacial score (nSPS) is 33.9. The molecule has 4 nitrogen and oxygen atoms in total. The van der Waals surface area contributed by atoms with Crippen molar-refractivity contribution in [2.24, 2.45) is 18.9 Å². The lowest BCUT2D eigenvalue weighted by atomic mass is 9.89. The van der Waals surface area contributed by atoms with Gasteiger partial charge in [-0.2, -0.15) is 0 Å². The summed E-state index contributed by atoms with van der Waals surface area (Å²) >= 11 is 0. The van der Waals surface area contributed by atoms with Crippen molar-refractivity contribution in [3.05, 3.63) is 18.2 Å². The standard InChI is InChI=1S/C11H16N2O2/c1-3-10-8(6-15-11(10)14)4-9-5-12-7-13(9)2/h5,7-8,10H,3-4,6H2,1-2H3/t8-,10-/m0/s1/i4D2,6D2. The molecule has 1 aromatic rings. The summed E-state index contributed by atoms with van der Waals surface area (Å²) < 4.78 is 38.3. The molecule has 0 saturated carbocycles. The van der Waals surface area contributed by atoms with Gasteiger partial charge in [0.05, 0.1) is 21.5 Å². The summed E-state index contributed by atoms with van der Waals surface area (Å²) in [7, 11) is 1.63. The van der Waals surface area contributed by atoms with Gasteiger partial charge >= 0.3 is 5.97 Å². The van der Waals surface area contributed by atoms with Crippen LogP contribution in [0.3, 0.4) is 0 Å². The van der Waals surface area contributed by atoms with E-state index in [1.807, 2.05) is 0 Å². The highest BCUT2D eigenvalue weighted by Crippen LogP contribution is 2.27. The summed E-state index contributed by atoms with van der Waals surface area (Å²) in [5, 5.41) is 0. The molecule has 1 aromatic heterocycles. The zero-order valence-corrected chi connectivity index (χ0v) is 8.73. The lowest BCUT2D eigenvalue weighted by Crippen LogP contribution is -2.18. The zero-order chi connectivity index (χ0) is 14.4. The Kier molecular flexibility index (Phi) is 1.70. The Morgan fingerprint density at radius 1 is 1.87 bits per heavy atom. The third-order valence-electron chi connectivity index (χ3n) is 2.55. The fourth-order valence-electron chi connectivity index (χ4n) is 1.60. The first kappa shape index (κ1) is 6.30. The summed E-state index contributed by atoms with van der Waals surface area (Å²) in [6, 6.07) is 0. The molecule has 1 fully saturated rings. The molecule has 0 spiro atoms. The van der Waals surface area contributed by atoms with Gasteiger partial charge in [0.25, 0.3) is 0 Å². The number of imidazole rings is 1. The topological polar surface area (TPSA) is 44.1 Å². The number of nitrogens with zero attached hydrogens (tertiary/aromatic N) is 2. The van der Waals surface area contributed by atoms with Gasteiger partial charge in [0.15, 0.2) is 0 Å². The Labute approximate surface area is 94.9 Å². The van der Waals surface area contributed by atoms with Crippen LogP contribution in [0.5, 0.6) is 0 Å². The molecular weight excluding hydrogens is 192 g/mol. The molecule has 2 atom stereocenters. The van der Waals surface area contributed by atoms with Crippen molar-refractivity contribution in [1.29, 1.82) is 0 Å². The quantitative estimate of drug-likeness (QED) is 0.706. The Morgan fingerprint density at radius 3 is 3.27 bits per heavy atom. The van der Waals surface area contributed by atoms with Crippen molar-refractivity contribution in [1.82, 2.24) is 9.55 Å². The lowest BCUT2D eigenvalue weighted by molar-refractivity contribution is -0.141. The fraction of sp³-hybridized carbons (Fsp3) is 0.636. The molecule has 0 N–H and O–H groups in total.